The number of H-pyrrole nitrogens is 1. The molecule has 160 valence electrons. The molecule has 0 saturated heterocycles. The predicted octanol–water partition coefficient (Wildman–Crippen LogP) is 1.63. The van der Waals surface area contributed by atoms with E-state index in [9.17, 15) is 18.0 Å². The Bertz CT molecular complexity index is 1180. The number of benzene rings is 1. The lowest BCUT2D eigenvalue weighted by molar-refractivity contribution is -0.122. The van der Waals surface area contributed by atoms with Crippen LogP contribution in [-0.4, -0.2) is 46.3 Å². The number of imidazole rings is 1. The number of hydrogen-bond donors (Lipinski definition) is 2. The number of aromatic amines is 1. The van der Waals surface area contributed by atoms with E-state index in [1.54, 1.807) is 20.8 Å². The highest BCUT2D eigenvalue weighted by molar-refractivity contribution is 7.89. The van der Waals surface area contributed by atoms with Crippen molar-refractivity contribution in [1.29, 1.82) is 0 Å². The summed E-state index contributed by atoms with van der Waals surface area (Å²) in [5.74, 6) is 0.164. The van der Waals surface area contributed by atoms with E-state index in [4.69, 9.17) is 0 Å². The molecule has 2 aromatic heterocycles. The maximum Gasteiger partial charge on any atom is 0.251 e. The van der Waals surface area contributed by atoms with Crippen molar-refractivity contribution in [1.82, 2.24) is 24.2 Å². The van der Waals surface area contributed by atoms with Crippen LogP contribution in [0.15, 0.2) is 52.3 Å². The largest absolute Gasteiger partial charge is 0.345 e. The van der Waals surface area contributed by atoms with E-state index < -0.39 is 27.5 Å². The molecule has 1 amide bonds. The van der Waals surface area contributed by atoms with Crippen LogP contribution < -0.4 is 10.9 Å². The van der Waals surface area contributed by atoms with Gasteiger partial charge >= 0.3 is 0 Å². The summed E-state index contributed by atoms with van der Waals surface area (Å²) in [6, 6.07) is 9.53. The summed E-state index contributed by atoms with van der Waals surface area (Å²) in [5.41, 5.74) is 1.19. The topological polar surface area (TPSA) is 117 Å². The summed E-state index contributed by atoms with van der Waals surface area (Å²) in [6.07, 6.45) is 1.21. The van der Waals surface area contributed by atoms with Gasteiger partial charge in [-0.05, 0) is 25.1 Å². The molecule has 0 bridgehead atoms. The summed E-state index contributed by atoms with van der Waals surface area (Å²) in [4.78, 5) is 32.2. The highest BCUT2D eigenvalue weighted by Gasteiger charge is 2.23. The van der Waals surface area contributed by atoms with Gasteiger partial charge in [-0.2, -0.15) is 4.31 Å². The molecule has 3 rings (SSSR count). The quantitative estimate of drug-likeness (QED) is 0.562. The molecule has 0 aliphatic heterocycles. The standard InChI is InChI=1S/C20H25N5O4S/c1-4-25(5-2)30(28,29)15-10-11-19(27)24(12-15)13-18(26)21-14(3)20-22-16-8-6-7-9-17(16)23-20/h6-12,14H,4-5,13H2,1-3H3,(H,21,26)(H,22,23). The van der Waals surface area contributed by atoms with Crippen molar-refractivity contribution in [3.63, 3.8) is 0 Å². The number of fused-ring (bicyclic) bond motifs is 1. The molecule has 0 fully saturated rings. The molecule has 1 atom stereocenters. The maximum atomic E-state index is 12.7. The Morgan fingerprint density at radius 2 is 1.90 bits per heavy atom. The SMILES string of the molecule is CCN(CC)S(=O)(=O)c1ccc(=O)n(CC(=O)NC(C)c2nc3ccccc3[nH]2)c1. The van der Waals surface area contributed by atoms with Crippen LogP contribution in [0.3, 0.4) is 0 Å². The number of sulfonamides is 1. The maximum absolute atomic E-state index is 12.7. The van der Waals surface area contributed by atoms with Crippen molar-refractivity contribution in [3.8, 4) is 0 Å². The van der Waals surface area contributed by atoms with Gasteiger partial charge in [0.1, 0.15) is 12.4 Å². The van der Waals surface area contributed by atoms with Gasteiger partial charge in [0.2, 0.25) is 15.9 Å². The molecule has 10 heteroatoms. The molecule has 3 aromatic rings. The lowest BCUT2D eigenvalue weighted by Crippen LogP contribution is -2.35. The Morgan fingerprint density at radius 1 is 1.20 bits per heavy atom. The summed E-state index contributed by atoms with van der Waals surface area (Å²) in [5, 5.41) is 2.78. The van der Waals surface area contributed by atoms with Crippen molar-refractivity contribution in [2.75, 3.05) is 13.1 Å². The second-order valence-electron chi connectivity index (χ2n) is 6.85. The minimum absolute atomic E-state index is 0.0241. The highest BCUT2D eigenvalue weighted by Crippen LogP contribution is 2.16. The van der Waals surface area contributed by atoms with Crippen LogP contribution in [0.4, 0.5) is 0 Å². The van der Waals surface area contributed by atoms with E-state index in [0.29, 0.717) is 18.9 Å². The summed E-state index contributed by atoms with van der Waals surface area (Å²) >= 11 is 0. The summed E-state index contributed by atoms with van der Waals surface area (Å²) in [6.45, 7) is 5.58. The van der Waals surface area contributed by atoms with Crippen molar-refractivity contribution >= 4 is 27.0 Å². The number of nitrogens with one attached hydrogen (secondary N) is 2. The molecule has 0 saturated carbocycles. The number of carbonyl (C=O) groups excluding carboxylic acids is 1. The van der Waals surface area contributed by atoms with E-state index in [0.717, 1.165) is 21.7 Å². The van der Waals surface area contributed by atoms with Crippen molar-refractivity contribution < 1.29 is 13.2 Å². The van der Waals surface area contributed by atoms with E-state index in [1.807, 2.05) is 24.3 Å². The third-order valence-corrected chi connectivity index (χ3v) is 6.84. The van der Waals surface area contributed by atoms with Gasteiger partial charge in [0.15, 0.2) is 0 Å². The van der Waals surface area contributed by atoms with Gasteiger partial charge in [0, 0.05) is 25.4 Å². The zero-order chi connectivity index (χ0) is 21.9. The van der Waals surface area contributed by atoms with Gasteiger partial charge in [0.25, 0.3) is 5.56 Å². The van der Waals surface area contributed by atoms with Crippen LogP contribution >= 0.6 is 0 Å². The molecule has 0 spiro atoms. The van der Waals surface area contributed by atoms with Gasteiger partial charge in [-0.25, -0.2) is 13.4 Å². The second kappa shape index (κ2) is 8.80. The molecule has 1 unspecified atom stereocenters. The van der Waals surface area contributed by atoms with Gasteiger partial charge in [-0.15, -0.1) is 0 Å². The minimum atomic E-state index is -3.73. The molecule has 9 nitrogen and oxygen atoms in total. The highest BCUT2D eigenvalue weighted by atomic mass is 32.2. The number of pyridine rings is 1. The average molecular weight is 432 g/mol. The lowest BCUT2D eigenvalue weighted by atomic mass is 10.3. The first-order chi connectivity index (χ1) is 14.3. The van der Waals surface area contributed by atoms with Crippen LogP contribution in [0.2, 0.25) is 0 Å². The summed E-state index contributed by atoms with van der Waals surface area (Å²) < 4.78 is 27.8. The Kier molecular flexibility index (Phi) is 6.37. The number of nitrogens with zero attached hydrogens (tertiary/aromatic N) is 3. The lowest BCUT2D eigenvalue weighted by Gasteiger charge is -2.19. The Labute approximate surface area is 174 Å². The van der Waals surface area contributed by atoms with Crippen molar-refractivity contribution in [2.24, 2.45) is 0 Å². The molecular weight excluding hydrogens is 406 g/mol. The Morgan fingerprint density at radius 3 is 2.57 bits per heavy atom. The zero-order valence-electron chi connectivity index (χ0n) is 17.1. The molecule has 0 aliphatic carbocycles. The van der Waals surface area contributed by atoms with Crippen molar-refractivity contribution in [2.45, 2.75) is 38.3 Å². The first-order valence-corrected chi connectivity index (χ1v) is 11.1. The van der Waals surface area contributed by atoms with E-state index in [-0.39, 0.29) is 11.4 Å². The molecular formula is C20H25N5O4S. The van der Waals surface area contributed by atoms with E-state index >= 15 is 0 Å². The second-order valence-corrected chi connectivity index (χ2v) is 8.79. The number of carbonyl (C=O) groups is 1. The van der Waals surface area contributed by atoms with Gasteiger partial charge in [-0.1, -0.05) is 26.0 Å². The third-order valence-electron chi connectivity index (χ3n) is 4.81. The Hall–Kier alpha value is -2.98. The monoisotopic (exact) mass is 431 g/mol. The van der Waals surface area contributed by atoms with Crippen molar-refractivity contribution in [3.05, 3.63) is 58.8 Å². The number of rotatable bonds is 8. The van der Waals surface area contributed by atoms with Crippen LogP contribution in [0.25, 0.3) is 11.0 Å². The minimum Gasteiger partial charge on any atom is -0.345 e. The molecule has 2 heterocycles. The number of hydrogen-bond acceptors (Lipinski definition) is 5. The predicted molar refractivity (Wildman–Crippen MR) is 113 cm³/mol. The summed E-state index contributed by atoms with van der Waals surface area (Å²) in [7, 11) is -3.73. The van der Waals surface area contributed by atoms with E-state index in [2.05, 4.69) is 15.3 Å². The van der Waals surface area contributed by atoms with Crippen LogP contribution in [0, 0.1) is 0 Å². The molecule has 0 aliphatic rings. The fourth-order valence-corrected chi connectivity index (χ4v) is 4.66. The average Bonchev–Trinajstić information content (AvgIpc) is 3.14. The fourth-order valence-electron chi connectivity index (χ4n) is 3.19. The zero-order valence-corrected chi connectivity index (χ0v) is 17.9. The van der Waals surface area contributed by atoms with E-state index in [1.165, 1.54) is 16.6 Å². The van der Waals surface area contributed by atoms with Crippen LogP contribution in [0.1, 0.15) is 32.6 Å². The Balaban J connectivity index is 1.77. The number of aromatic nitrogens is 3. The molecule has 30 heavy (non-hydrogen) atoms. The van der Waals surface area contributed by atoms with Gasteiger partial charge < -0.3 is 14.9 Å². The van der Waals surface area contributed by atoms with Gasteiger partial charge in [0.05, 0.1) is 22.0 Å². The van der Waals surface area contributed by atoms with Crippen LogP contribution in [-0.2, 0) is 21.4 Å². The molecule has 1 aromatic carbocycles. The smallest absolute Gasteiger partial charge is 0.251 e. The molecule has 0 radical (unpaired) electrons. The third kappa shape index (κ3) is 4.44. The number of amides is 1. The first kappa shape index (κ1) is 21.7. The van der Waals surface area contributed by atoms with Gasteiger partial charge in [-0.3, -0.25) is 9.59 Å². The fraction of sp³-hybridized carbons (Fsp3) is 0.350. The molecule has 2 N–H and O–H groups in total. The van der Waals surface area contributed by atoms with Crippen LogP contribution in [0.5, 0.6) is 0 Å². The first-order valence-electron chi connectivity index (χ1n) is 9.71. The number of para-hydroxylation sites is 2. The normalized spacial score (nSPS) is 12.9.